The van der Waals surface area contributed by atoms with Crippen molar-refractivity contribution in [3.05, 3.63) is 55.0 Å². The quantitative estimate of drug-likeness (QED) is 0.245. The first kappa shape index (κ1) is 28.9. The van der Waals surface area contributed by atoms with E-state index in [0.717, 1.165) is 77.6 Å². The second kappa shape index (κ2) is 11.5. The Morgan fingerprint density at radius 3 is 2.40 bits per heavy atom. The number of esters is 1. The van der Waals surface area contributed by atoms with Crippen LogP contribution in [0.25, 0.3) is 22.3 Å². The lowest BCUT2D eigenvalue weighted by Crippen LogP contribution is -2.42. The number of hydrogen-bond donors (Lipinski definition) is 0. The summed E-state index contributed by atoms with van der Waals surface area (Å²) in [5.41, 5.74) is 4.83. The number of anilines is 2. The van der Waals surface area contributed by atoms with E-state index < -0.39 is 5.60 Å². The largest absolute Gasteiger partial charge is 0.497 e. The highest BCUT2D eigenvalue weighted by Crippen LogP contribution is 2.43. The smallest absolute Gasteiger partial charge is 0.309 e. The lowest BCUT2D eigenvalue weighted by atomic mass is 9.94. The van der Waals surface area contributed by atoms with Crippen LogP contribution < -0.4 is 14.4 Å². The third-order valence-electron chi connectivity index (χ3n) is 8.46. The average molecular weight is 585 g/mol. The van der Waals surface area contributed by atoms with Crippen molar-refractivity contribution in [1.29, 1.82) is 0 Å². The maximum absolute atomic E-state index is 12.8. The highest BCUT2D eigenvalue weighted by Gasteiger charge is 2.48. The van der Waals surface area contributed by atoms with Crippen LogP contribution >= 0.6 is 0 Å². The first-order valence-electron chi connectivity index (χ1n) is 14.8. The zero-order valence-electron chi connectivity index (χ0n) is 25.8. The van der Waals surface area contributed by atoms with E-state index in [2.05, 4.69) is 32.0 Å². The molecule has 2 aromatic carbocycles. The summed E-state index contributed by atoms with van der Waals surface area (Å²) >= 11 is 0. The van der Waals surface area contributed by atoms with Crippen LogP contribution in [0.1, 0.15) is 33.6 Å². The molecule has 3 heterocycles. The summed E-state index contributed by atoms with van der Waals surface area (Å²) in [5, 5.41) is 4.29. The summed E-state index contributed by atoms with van der Waals surface area (Å²) in [5.74, 6) is 1.73. The topological polar surface area (TPSA) is 94.8 Å². The highest BCUT2D eigenvalue weighted by molar-refractivity contribution is 5.82. The molecule has 0 N–H and O–H groups in total. The van der Waals surface area contributed by atoms with Crippen molar-refractivity contribution >= 4 is 28.4 Å². The van der Waals surface area contributed by atoms with Gasteiger partial charge in [0.1, 0.15) is 17.1 Å². The number of nitrogens with zero attached hydrogens (tertiary/aromatic N) is 6. The van der Waals surface area contributed by atoms with E-state index in [-0.39, 0.29) is 11.9 Å². The molecular weight excluding hydrogens is 544 g/mol. The molecule has 1 aliphatic carbocycles. The SMILES string of the molecule is COc1cc(OC)cc(N(CCN2C[C@@H]3C[C@H]2CC3C(=O)OC(C)(C)C)c2ccc3ncc(-c4cnn(C)c4)nc3c2)c1. The molecule has 2 aliphatic rings. The summed E-state index contributed by atoms with van der Waals surface area (Å²) in [6.07, 6.45) is 7.42. The van der Waals surface area contributed by atoms with Gasteiger partial charge in [-0.1, -0.05) is 0 Å². The van der Waals surface area contributed by atoms with Crippen LogP contribution in [0.2, 0.25) is 0 Å². The maximum atomic E-state index is 12.8. The van der Waals surface area contributed by atoms with E-state index in [0.29, 0.717) is 12.0 Å². The fourth-order valence-corrected chi connectivity index (χ4v) is 6.43. The number of aromatic nitrogens is 4. The van der Waals surface area contributed by atoms with Crippen LogP contribution in [-0.2, 0) is 16.6 Å². The Morgan fingerprint density at radius 1 is 1.00 bits per heavy atom. The monoisotopic (exact) mass is 584 g/mol. The predicted molar refractivity (Wildman–Crippen MR) is 166 cm³/mol. The molecule has 1 saturated carbocycles. The molecule has 1 unspecified atom stereocenters. The first-order valence-corrected chi connectivity index (χ1v) is 14.8. The molecule has 0 spiro atoms. The number of fused-ring (bicyclic) bond motifs is 3. The fourth-order valence-electron chi connectivity index (χ4n) is 6.43. The van der Waals surface area contributed by atoms with Gasteiger partial charge in [-0.3, -0.25) is 19.4 Å². The lowest BCUT2D eigenvalue weighted by Gasteiger charge is -2.34. The third-order valence-corrected chi connectivity index (χ3v) is 8.46. The normalized spacial score (nSPS) is 20.0. The second-order valence-corrected chi connectivity index (χ2v) is 12.6. The molecule has 43 heavy (non-hydrogen) atoms. The van der Waals surface area contributed by atoms with Gasteiger partial charge in [0.05, 0.1) is 49.3 Å². The molecule has 0 amide bonds. The summed E-state index contributed by atoms with van der Waals surface area (Å²) < 4.78 is 18.7. The van der Waals surface area contributed by atoms with Gasteiger partial charge >= 0.3 is 5.97 Å². The van der Waals surface area contributed by atoms with Gasteiger partial charge in [-0.25, -0.2) is 4.98 Å². The molecule has 2 fully saturated rings. The summed E-state index contributed by atoms with van der Waals surface area (Å²) in [4.78, 5) is 27.3. The van der Waals surface area contributed by atoms with Crippen molar-refractivity contribution < 1.29 is 19.0 Å². The number of ether oxygens (including phenoxy) is 3. The van der Waals surface area contributed by atoms with Crippen LogP contribution in [-0.4, -0.2) is 76.1 Å². The third kappa shape index (κ3) is 6.15. The van der Waals surface area contributed by atoms with E-state index >= 15 is 0 Å². The van der Waals surface area contributed by atoms with E-state index in [4.69, 9.17) is 19.2 Å². The molecule has 2 bridgehead atoms. The number of rotatable bonds is 9. The van der Waals surface area contributed by atoms with Crippen molar-refractivity contribution in [3.8, 4) is 22.8 Å². The van der Waals surface area contributed by atoms with Crippen LogP contribution in [0.5, 0.6) is 11.5 Å². The van der Waals surface area contributed by atoms with Crippen molar-refractivity contribution in [2.45, 2.75) is 45.3 Å². The zero-order valence-corrected chi connectivity index (χ0v) is 25.8. The van der Waals surface area contributed by atoms with Gasteiger partial charge in [-0.2, -0.15) is 5.10 Å². The molecule has 0 radical (unpaired) electrons. The molecular formula is C33H40N6O4. The average Bonchev–Trinajstić information content (AvgIpc) is 3.72. The minimum Gasteiger partial charge on any atom is -0.497 e. The molecule has 10 heteroatoms. The number of benzene rings is 2. The number of likely N-dealkylation sites (tertiary alicyclic amines) is 1. The lowest BCUT2D eigenvalue weighted by molar-refractivity contribution is -0.162. The van der Waals surface area contributed by atoms with E-state index in [1.807, 2.05) is 58.3 Å². The van der Waals surface area contributed by atoms with Crippen molar-refractivity contribution in [2.75, 3.05) is 38.8 Å². The Hall–Kier alpha value is -4.18. The predicted octanol–water partition coefficient (Wildman–Crippen LogP) is 5.24. The van der Waals surface area contributed by atoms with E-state index in [1.54, 1.807) is 31.3 Å². The molecule has 2 aromatic heterocycles. The van der Waals surface area contributed by atoms with Crippen molar-refractivity contribution in [2.24, 2.45) is 18.9 Å². The number of carbonyl (C=O) groups is 1. The summed E-state index contributed by atoms with van der Waals surface area (Å²) in [6.45, 7) is 8.29. The number of methoxy groups -OCH3 is 2. The van der Waals surface area contributed by atoms with Gasteiger partial charge < -0.3 is 19.1 Å². The van der Waals surface area contributed by atoms with Gasteiger partial charge in [-0.15, -0.1) is 0 Å². The summed E-state index contributed by atoms with van der Waals surface area (Å²) in [7, 11) is 5.22. The minimum atomic E-state index is -0.458. The molecule has 4 aromatic rings. The molecule has 10 nitrogen and oxygen atoms in total. The second-order valence-electron chi connectivity index (χ2n) is 12.6. The van der Waals surface area contributed by atoms with Crippen molar-refractivity contribution in [1.82, 2.24) is 24.6 Å². The molecule has 1 aliphatic heterocycles. The van der Waals surface area contributed by atoms with Gasteiger partial charge in [0.15, 0.2) is 0 Å². The Morgan fingerprint density at radius 2 is 1.77 bits per heavy atom. The number of hydrogen-bond acceptors (Lipinski definition) is 9. The number of aryl methyl sites for hydroxylation is 1. The van der Waals surface area contributed by atoms with Crippen LogP contribution in [0.3, 0.4) is 0 Å². The maximum Gasteiger partial charge on any atom is 0.309 e. The van der Waals surface area contributed by atoms with Crippen LogP contribution in [0, 0.1) is 11.8 Å². The first-order chi connectivity index (χ1) is 20.6. The Labute approximate surface area is 252 Å². The van der Waals surface area contributed by atoms with Crippen LogP contribution in [0.15, 0.2) is 55.0 Å². The van der Waals surface area contributed by atoms with Crippen LogP contribution in [0.4, 0.5) is 11.4 Å². The zero-order chi connectivity index (χ0) is 30.3. The Bertz CT molecular complexity index is 1610. The molecule has 3 atom stereocenters. The number of carbonyl (C=O) groups excluding carboxylic acids is 1. The highest BCUT2D eigenvalue weighted by atomic mass is 16.6. The molecule has 226 valence electrons. The molecule has 6 rings (SSSR count). The van der Waals surface area contributed by atoms with Crippen molar-refractivity contribution in [3.63, 3.8) is 0 Å². The standard InChI is InChI=1S/C33H40N6O4/c1-33(2,3)43-32(40)28-14-24-11-21(28)20-38(24)9-10-39(25-12-26(41-5)16-27(13-25)42-6)23-7-8-29-30(15-23)36-31(18-34-29)22-17-35-37(4)19-22/h7-8,12-13,15-19,21,24,28H,9-11,14,20H2,1-6H3/t21-,24-,28?/m0/s1. The van der Waals surface area contributed by atoms with Gasteiger partial charge in [-0.05, 0) is 57.7 Å². The van der Waals surface area contributed by atoms with Gasteiger partial charge in [0.2, 0.25) is 0 Å². The minimum absolute atomic E-state index is 0.00713. The van der Waals surface area contributed by atoms with Gasteiger partial charge in [0, 0.05) is 74.1 Å². The fraction of sp³-hybridized carbons (Fsp3) is 0.455. The summed E-state index contributed by atoms with van der Waals surface area (Å²) in [6, 6.07) is 12.5. The van der Waals surface area contributed by atoms with Gasteiger partial charge in [0.25, 0.3) is 0 Å². The van der Waals surface area contributed by atoms with E-state index in [1.165, 1.54) is 0 Å². The Kier molecular flexibility index (Phi) is 7.72. The Balaban J connectivity index is 1.27. The molecule has 1 saturated heterocycles. The van der Waals surface area contributed by atoms with E-state index in [9.17, 15) is 4.79 Å². The number of piperidine rings is 1.